The molecule has 27 heavy (non-hydrogen) atoms. The number of unbranched alkanes of at least 4 members (excludes halogenated alkanes) is 7. The molecule has 3 heteroatoms. The molecule has 0 aliphatic heterocycles. The normalized spacial score (nSPS) is 11.1. The van der Waals surface area contributed by atoms with Crippen molar-refractivity contribution in [3.63, 3.8) is 0 Å². The van der Waals surface area contributed by atoms with E-state index in [4.69, 9.17) is 9.47 Å². The monoisotopic (exact) mass is 376 g/mol. The van der Waals surface area contributed by atoms with Crippen molar-refractivity contribution in [1.82, 2.24) is 0 Å². The number of hydrogen-bond donors (Lipinski definition) is 0. The van der Waals surface area contributed by atoms with Crippen LogP contribution in [0.5, 0.6) is 0 Å². The molecule has 0 atom stereocenters. The fraction of sp³-hybridized carbons (Fsp3) is 0.708. The molecule has 0 bridgehead atoms. The molecule has 0 amide bonds. The van der Waals surface area contributed by atoms with Crippen molar-refractivity contribution in [3.8, 4) is 0 Å². The Hall–Kier alpha value is -1.35. The van der Waals surface area contributed by atoms with Crippen LogP contribution in [0.1, 0.15) is 90.0 Å². The van der Waals surface area contributed by atoms with E-state index in [9.17, 15) is 4.79 Å². The number of rotatable bonds is 17. The molecule has 1 aromatic carbocycles. The van der Waals surface area contributed by atoms with Crippen molar-refractivity contribution < 1.29 is 14.3 Å². The van der Waals surface area contributed by atoms with E-state index in [0.29, 0.717) is 19.6 Å². The van der Waals surface area contributed by atoms with Gasteiger partial charge in [-0.1, -0.05) is 89.1 Å². The molecule has 0 fully saturated rings. The quantitative estimate of drug-likeness (QED) is 0.224. The predicted octanol–water partition coefficient (Wildman–Crippen LogP) is 6.69. The van der Waals surface area contributed by atoms with E-state index in [0.717, 1.165) is 44.6 Å². The number of hydrogen-bond acceptors (Lipinski definition) is 3. The molecule has 0 aliphatic carbocycles. The summed E-state index contributed by atoms with van der Waals surface area (Å²) in [6.07, 6.45) is 12.1. The van der Waals surface area contributed by atoms with Gasteiger partial charge in [-0.15, -0.1) is 0 Å². The smallest absolute Gasteiger partial charge is 0.305 e. The largest absolute Gasteiger partial charge is 0.466 e. The Morgan fingerprint density at radius 3 is 2.19 bits per heavy atom. The van der Waals surface area contributed by atoms with E-state index in [1.54, 1.807) is 0 Å². The van der Waals surface area contributed by atoms with Crippen LogP contribution in [0, 0.1) is 5.92 Å². The molecule has 0 saturated carbocycles. The summed E-state index contributed by atoms with van der Waals surface area (Å²) >= 11 is 0. The Kier molecular flexibility index (Phi) is 14.7. The lowest BCUT2D eigenvalue weighted by atomic mass is 10.0. The van der Waals surface area contributed by atoms with Gasteiger partial charge in [0.15, 0.2) is 0 Å². The second-order valence-corrected chi connectivity index (χ2v) is 7.87. The van der Waals surface area contributed by atoms with Crippen LogP contribution < -0.4 is 0 Å². The molecular formula is C24H40O3. The van der Waals surface area contributed by atoms with Crippen LogP contribution in [0.4, 0.5) is 0 Å². The van der Waals surface area contributed by atoms with Crippen LogP contribution in [-0.4, -0.2) is 19.2 Å². The second-order valence-electron chi connectivity index (χ2n) is 7.87. The van der Waals surface area contributed by atoms with Crippen molar-refractivity contribution in [2.45, 2.75) is 91.1 Å². The van der Waals surface area contributed by atoms with E-state index < -0.39 is 0 Å². The summed E-state index contributed by atoms with van der Waals surface area (Å²) in [6.45, 7) is 6.63. The molecule has 1 rings (SSSR count). The molecule has 0 aliphatic rings. The lowest BCUT2D eigenvalue weighted by molar-refractivity contribution is -0.143. The molecule has 0 aromatic heterocycles. The minimum absolute atomic E-state index is 0.0202. The zero-order valence-electron chi connectivity index (χ0n) is 17.6. The molecule has 1 aromatic rings. The summed E-state index contributed by atoms with van der Waals surface area (Å²) in [5, 5.41) is 0. The van der Waals surface area contributed by atoms with Crippen LogP contribution >= 0.6 is 0 Å². The van der Waals surface area contributed by atoms with Crippen molar-refractivity contribution in [2.24, 2.45) is 5.92 Å². The maximum absolute atomic E-state index is 11.7. The highest BCUT2D eigenvalue weighted by molar-refractivity contribution is 5.69. The van der Waals surface area contributed by atoms with E-state index in [2.05, 4.69) is 26.0 Å². The number of esters is 1. The lowest BCUT2D eigenvalue weighted by Gasteiger charge is -2.06. The SMILES string of the molecule is CC(C)CCCCCCC(=O)OCCCCCCCOCc1ccccc1. The highest BCUT2D eigenvalue weighted by Gasteiger charge is 2.03. The first-order chi connectivity index (χ1) is 13.2. The molecule has 0 saturated heterocycles. The van der Waals surface area contributed by atoms with Gasteiger partial charge in [0.2, 0.25) is 0 Å². The third-order valence-electron chi connectivity index (χ3n) is 4.72. The Morgan fingerprint density at radius 1 is 0.815 bits per heavy atom. The van der Waals surface area contributed by atoms with Crippen LogP contribution in [0.2, 0.25) is 0 Å². The summed E-state index contributed by atoms with van der Waals surface area (Å²) in [4.78, 5) is 11.7. The van der Waals surface area contributed by atoms with Crippen molar-refractivity contribution in [2.75, 3.05) is 13.2 Å². The summed E-state index contributed by atoms with van der Waals surface area (Å²) in [5.74, 6) is 0.768. The maximum Gasteiger partial charge on any atom is 0.305 e. The summed E-state index contributed by atoms with van der Waals surface area (Å²) < 4.78 is 11.0. The average Bonchev–Trinajstić information content (AvgIpc) is 2.66. The Balaban J connectivity index is 1.78. The molecule has 154 valence electrons. The molecule has 0 spiro atoms. The zero-order chi connectivity index (χ0) is 19.6. The lowest BCUT2D eigenvalue weighted by Crippen LogP contribution is -2.05. The molecule has 0 radical (unpaired) electrons. The first-order valence-electron chi connectivity index (χ1n) is 11.0. The number of ether oxygens (including phenoxy) is 2. The van der Waals surface area contributed by atoms with Crippen molar-refractivity contribution in [3.05, 3.63) is 35.9 Å². The molecule has 0 heterocycles. The fourth-order valence-corrected chi connectivity index (χ4v) is 3.03. The van der Waals surface area contributed by atoms with E-state index >= 15 is 0 Å². The first-order valence-corrected chi connectivity index (χ1v) is 11.0. The first kappa shape index (κ1) is 23.7. The van der Waals surface area contributed by atoms with Gasteiger partial charge in [0.05, 0.1) is 13.2 Å². The minimum Gasteiger partial charge on any atom is -0.466 e. The third kappa shape index (κ3) is 15.4. The standard InChI is InChI=1S/C24H40O3/c1-22(2)15-9-4-5-12-18-24(25)27-20-14-7-3-6-13-19-26-21-23-16-10-8-11-17-23/h8,10-11,16-17,22H,3-7,9,12-15,18-21H2,1-2H3. The van der Waals surface area contributed by atoms with Crippen LogP contribution in [0.25, 0.3) is 0 Å². The Labute approximate surface area is 166 Å². The number of carbonyl (C=O) groups is 1. The fourth-order valence-electron chi connectivity index (χ4n) is 3.03. The van der Waals surface area contributed by atoms with Crippen molar-refractivity contribution >= 4 is 5.97 Å². The molecule has 3 nitrogen and oxygen atoms in total. The summed E-state index contributed by atoms with van der Waals surface area (Å²) in [7, 11) is 0. The van der Waals surface area contributed by atoms with E-state index in [-0.39, 0.29) is 5.97 Å². The average molecular weight is 377 g/mol. The van der Waals surface area contributed by atoms with Gasteiger partial charge in [-0.05, 0) is 30.7 Å². The van der Waals surface area contributed by atoms with Gasteiger partial charge in [-0.25, -0.2) is 0 Å². The zero-order valence-corrected chi connectivity index (χ0v) is 17.6. The van der Waals surface area contributed by atoms with E-state index in [1.165, 1.54) is 37.7 Å². The summed E-state index contributed by atoms with van der Waals surface area (Å²) in [6, 6.07) is 10.3. The van der Waals surface area contributed by atoms with Gasteiger partial charge in [-0.3, -0.25) is 4.79 Å². The highest BCUT2D eigenvalue weighted by Crippen LogP contribution is 2.11. The summed E-state index contributed by atoms with van der Waals surface area (Å²) in [5.41, 5.74) is 1.23. The highest BCUT2D eigenvalue weighted by atomic mass is 16.5. The molecule has 0 N–H and O–H groups in total. The number of carbonyl (C=O) groups excluding carboxylic acids is 1. The van der Waals surface area contributed by atoms with Crippen LogP contribution in [-0.2, 0) is 20.9 Å². The predicted molar refractivity (Wildman–Crippen MR) is 113 cm³/mol. The van der Waals surface area contributed by atoms with E-state index in [1.807, 2.05) is 18.2 Å². The topological polar surface area (TPSA) is 35.5 Å². The van der Waals surface area contributed by atoms with Gasteiger partial charge < -0.3 is 9.47 Å². The number of benzene rings is 1. The van der Waals surface area contributed by atoms with Crippen molar-refractivity contribution in [1.29, 1.82) is 0 Å². The van der Waals surface area contributed by atoms with Gasteiger partial charge in [0.25, 0.3) is 0 Å². The van der Waals surface area contributed by atoms with Crippen LogP contribution in [0.15, 0.2) is 30.3 Å². The second kappa shape index (κ2) is 16.8. The Morgan fingerprint density at radius 2 is 1.44 bits per heavy atom. The minimum atomic E-state index is -0.0202. The Bertz CT molecular complexity index is 456. The third-order valence-corrected chi connectivity index (χ3v) is 4.72. The maximum atomic E-state index is 11.7. The van der Waals surface area contributed by atoms with Gasteiger partial charge >= 0.3 is 5.97 Å². The van der Waals surface area contributed by atoms with Gasteiger partial charge in [0.1, 0.15) is 0 Å². The van der Waals surface area contributed by atoms with Crippen LogP contribution in [0.3, 0.4) is 0 Å². The molecule has 0 unspecified atom stereocenters. The van der Waals surface area contributed by atoms with Gasteiger partial charge in [-0.2, -0.15) is 0 Å². The van der Waals surface area contributed by atoms with Gasteiger partial charge in [0, 0.05) is 13.0 Å². The molecular weight excluding hydrogens is 336 g/mol.